The first-order valence-corrected chi connectivity index (χ1v) is 9.30. The van der Waals surface area contributed by atoms with E-state index in [0.717, 1.165) is 37.3 Å². The summed E-state index contributed by atoms with van der Waals surface area (Å²) in [7, 11) is -3.13. The third kappa shape index (κ3) is 3.25. The minimum absolute atomic E-state index is 0.370. The largest absolute Gasteiger partial charge is 0.383 e. The Morgan fingerprint density at radius 1 is 1.09 bits per heavy atom. The van der Waals surface area contributed by atoms with Crippen LogP contribution in [0.3, 0.4) is 0 Å². The van der Waals surface area contributed by atoms with Gasteiger partial charge in [-0.1, -0.05) is 24.3 Å². The zero-order valence-corrected chi connectivity index (χ0v) is 13.4. The molecule has 0 radical (unpaired) electrons. The highest BCUT2D eigenvalue weighted by Crippen LogP contribution is 2.29. The van der Waals surface area contributed by atoms with E-state index in [0.29, 0.717) is 4.90 Å². The maximum Gasteiger partial charge on any atom is 0.175 e. The zero-order chi connectivity index (χ0) is 15.6. The van der Waals surface area contributed by atoms with Crippen molar-refractivity contribution in [2.75, 3.05) is 29.6 Å². The minimum Gasteiger partial charge on any atom is -0.383 e. The molecule has 2 aromatic rings. The number of para-hydroxylation sites is 2. The van der Waals surface area contributed by atoms with E-state index in [1.165, 1.54) is 11.9 Å². The molecule has 5 heteroatoms. The lowest BCUT2D eigenvalue weighted by atomic mass is 10.2. The summed E-state index contributed by atoms with van der Waals surface area (Å²) in [5.74, 6) is 0. The Bertz CT molecular complexity index is 754. The van der Waals surface area contributed by atoms with Crippen LogP contribution < -0.4 is 10.2 Å². The lowest BCUT2D eigenvalue weighted by molar-refractivity contribution is 0.602. The van der Waals surface area contributed by atoms with Gasteiger partial charge in [0, 0.05) is 25.9 Å². The van der Waals surface area contributed by atoms with Crippen LogP contribution in [-0.2, 0) is 16.4 Å². The number of hydrogen-bond acceptors (Lipinski definition) is 4. The molecule has 0 spiro atoms. The van der Waals surface area contributed by atoms with E-state index in [9.17, 15) is 8.42 Å². The molecule has 22 heavy (non-hydrogen) atoms. The second-order valence-electron chi connectivity index (χ2n) is 5.64. The second-order valence-corrected chi connectivity index (χ2v) is 7.65. The molecule has 1 heterocycles. The highest BCUT2D eigenvalue weighted by Gasteiger charge is 2.15. The van der Waals surface area contributed by atoms with Crippen molar-refractivity contribution in [2.24, 2.45) is 0 Å². The number of sulfone groups is 1. The van der Waals surface area contributed by atoms with Gasteiger partial charge in [0.25, 0.3) is 0 Å². The Hall–Kier alpha value is -2.01. The van der Waals surface area contributed by atoms with Crippen molar-refractivity contribution in [1.82, 2.24) is 0 Å². The van der Waals surface area contributed by atoms with Crippen LogP contribution in [0, 0.1) is 0 Å². The Kier molecular flexibility index (Phi) is 4.07. The molecule has 3 rings (SSSR count). The van der Waals surface area contributed by atoms with Crippen molar-refractivity contribution in [3.8, 4) is 0 Å². The standard InChI is InChI=1S/C17H20N2O2S/c1-22(20,21)15-9-7-14(8-10-15)13-19-12-4-11-18-16-5-2-3-6-17(16)19/h2-3,5-10,18H,4,11-13H2,1H3. The van der Waals surface area contributed by atoms with E-state index >= 15 is 0 Å². The van der Waals surface area contributed by atoms with Crippen molar-refractivity contribution in [2.45, 2.75) is 17.9 Å². The quantitative estimate of drug-likeness (QED) is 0.946. The normalized spacial score (nSPS) is 14.9. The summed E-state index contributed by atoms with van der Waals surface area (Å²) in [4.78, 5) is 2.71. The molecule has 116 valence electrons. The fourth-order valence-corrected chi connectivity index (χ4v) is 3.37. The SMILES string of the molecule is CS(=O)(=O)c1ccc(CN2CCCNc3ccccc32)cc1. The first kappa shape index (κ1) is 14.9. The van der Waals surface area contributed by atoms with Crippen LogP contribution >= 0.6 is 0 Å². The molecule has 0 unspecified atom stereocenters. The van der Waals surface area contributed by atoms with Crippen LogP contribution in [0.2, 0.25) is 0 Å². The summed E-state index contributed by atoms with van der Waals surface area (Å²) in [5, 5.41) is 3.45. The van der Waals surface area contributed by atoms with Gasteiger partial charge in [0.1, 0.15) is 0 Å². The van der Waals surface area contributed by atoms with E-state index < -0.39 is 9.84 Å². The Morgan fingerprint density at radius 3 is 2.55 bits per heavy atom. The van der Waals surface area contributed by atoms with Crippen LogP contribution in [0.25, 0.3) is 0 Å². The number of rotatable bonds is 3. The molecule has 1 N–H and O–H groups in total. The summed E-state index contributed by atoms with van der Waals surface area (Å²) in [5.41, 5.74) is 3.48. The first-order chi connectivity index (χ1) is 10.5. The highest BCUT2D eigenvalue weighted by molar-refractivity contribution is 7.90. The van der Waals surface area contributed by atoms with Crippen molar-refractivity contribution in [3.63, 3.8) is 0 Å². The summed E-state index contributed by atoms with van der Waals surface area (Å²) >= 11 is 0. The van der Waals surface area contributed by atoms with Gasteiger partial charge in [0.15, 0.2) is 9.84 Å². The van der Waals surface area contributed by atoms with Crippen molar-refractivity contribution in [1.29, 1.82) is 0 Å². The molecule has 0 aliphatic carbocycles. The molecule has 0 atom stereocenters. The van der Waals surface area contributed by atoms with Gasteiger partial charge in [0.2, 0.25) is 0 Å². The maximum absolute atomic E-state index is 11.5. The van der Waals surface area contributed by atoms with Crippen LogP contribution in [0.1, 0.15) is 12.0 Å². The molecule has 0 fully saturated rings. The third-order valence-electron chi connectivity index (χ3n) is 3.89. The molecule has 0 amide bonds. The fourth-order valence-electron chi connectivity index (χ4n) is 2.74. The van der Waals surface area contributed by atoms with Gasteiger partial charge in [0.05, 0.1) is 16.3 Å². The van der Waals surface area contributed by atoms with Crippen LogP contribution in [-0.4, -0.2) is 27.8 Å². The predicted octanol–water partition coefficient (Wildman–Crippen LogP) is 2.91. The molecule has 1 aliphatic heterocycles. The molecule has 0 bridgehead atoms. The van der Waals surface area contributed by atoms with E-state index in [4.69, 9.17) is 0 Å². The lowest BCUT2D eigenvalue weighted by Gasteiger charge is -2.24. The minimum atomic E-state index is -3.13. The van der Waals surface area contributed by atoms with Gasteiger partial charge in [-0.2, -0.15) is 0 Å². The summed E-state index contributed by atoms with van der Waals surface area (Å²) in [6, 6.07) is 15.5. The first-order valence-electron chi connectivity index (χ1n) is 7.41. The van der Waals surface area contributed by atoms with Gasteiger partial charge >= 0.3 is 0 Å². The van der Waals surface area contributed by atoms with Gasteiger partial charge in [-0.15, -0.1) is 0 Å². The summed E-state index contributed by atoms with van der Waals surface area (Å²) in [6.07, 6.45) is 2.31. The van der Waals surface area contributed by atoms with Gasteiger partial charge in [-0.05, 0) is 36.2 Å². The molecule has 4 nitrogen and oxygen atoms in total. The topological polar surface area (TPSA) is 49.4 Å². The number of nitrogens with zero attached hydrogens (tertiary/aromatic N) is 1. The van der Waals surface area contributed by atoms with E-state index in [2.05, 4.69) is 22.3 Å². The Labute approximate surface area is 131 Å². The lowest BCUT2D eigenvalue weighted by Crippen LogP contribution is -2.23. The average Bonchev–Trinajstić information content (AvgIpc) is 2.70. The molecule has 0 aromatic heterocycles. The van der Waals surface area contributed by atoms with E-state index in [1.54, 1.807) is 12.1 Å². The molecular formula is C17H20N2O2S. The molecule has 1 aliphatic rings. The average molecular weight is 316 g/mol. The fraction of sp³-hybridized carbons (Fsp3) is 0.294. The number of benzene rings is 2. The van der Waals surface area contributed by atoms with Crippen molar-refractivity contribution < 1.29 is 8.42 Å². The summed E-state index contributed by atoms with van der Waals surface area (Å²) < 4.78 is 23.0. The Morgan fingerprint density at radius 2 is 1.82 bits per heavy atom. The number of hydrogen-bond donors (Lipinski definition) is 1. The smallest absolute Gasteiger partial charge is 0.175 e. The van der Waals surface area contributed by atoms with Gasteiger partial charge in [-0.25, -0.2) is 8.42 Å². The Balaban J connectivity index is 1.84. The summed E-state index contributed by atoms with van der Waals surface area (Å²) in [6.45, 7) is 2.74. The van der Waals surface area contributed by atoms with Crippen LogP contribution in [0.5, 0.6) is 0 Å². The van der Waals surface area contributed by atoms with E-state index in [1.807, 2.05) is 24.3 Å². The van der Waals surface area contributed by atoms with Crippen LogP contribution in [0.4, 0.5) is 11.4 Å². The molecule has 2 aromatic carbocycles. The zero-order valence-electron chi connectivity index (χ0n) is 12.6. The molecular weight excluding hydrogens is 296 g/mol. The van der Waals surface area contributed by atoms with Crippen LogP contribution in [0.15, 0.2) is 53.4 Å². The second kappa shape index (κ2) is 6.01. The predicted molar refractivity (Wildman–Crippen MR) is 90.2 cm³/mol. The molecule has 0 saturated heterocycles. The number of nitrogens with one attached hydrogen (secondary N) is 1. The van der Waals surface area contributed by atoms with Crippen molar-refractivity contribution >= 4 is 21.2 Å². The maximum atomic E-state index is 11.5. The number of anilines is 2. The molecule has 0 saturated carbocycles. The highest BCUT2D eigenvalue weighted by atomic mass is 32.2. The van der Waals surface area contributed by atoms with Crippen molar-refractivity contribution in [3.05, 3.63) is 54.1 Å². The van der Waals surface area contributed by atoms with Gasteiger partial charge in [-0.3, -0.25) is 0 Å². The third-order valence-corrected chi connectivity index (χ3v) is 5.02. The van der Waals surface area contributed by atoms with Gasteiger partial charge < -0.3 is 10.2 Å². The number of fused-ring (bicyclic) bond motifs is 1. The monoisotopic (exact) mass is 316 g/mol. The van der Waals surface area contributed by atoms with E-state index in [-0.39, 0.29) is 0 Å².